The van der Waals surface area contributed by atoms with Crippen molar-refractivity contribution in [3.05, 3.63) is 53.3 Å². The van der Waals surface area contributed by atoms with Crippen LogP contribution in [0.15, 0.2) is 36.4 Å². The van der Waals surface area contributed by atoms with E-state index in [0.717, 1.165) is 28.4 Å². The molecule has 7 heteroatoms. The normalized spacial score (nSPS) is 22.7. The molecule has 1 aromatic carbocycles. The van der Waals surface area contributed by atoms with Crippen molar-refractivity contribution in [1.82, 2.24) is 14.1 Å². The number of carbonyl (C=O) groups is 1. The minimum Gasteiger partial charge on any atom is -0.266 e. The van der Waals surface area contributed by atoms with Gasteiger partial charge in [-0.15, -0.1) is 0 Å². The highest BCUT2D eigenvalue weighted by Crippen LogP contribution is 2.40. The molecule has 1 saturated carbocycles. The maximum absolute atomic E-state index is 12.8. The highest BCUT2D eigenvalue weighted by atomic mass is 32.2. The molecule has 0 spiro atoms. The maximum atomic E-state index is 12.8. The van der Waals surface area contributed by atoms with Crippen LogP contribution in [0, 0.1) is 0 Å². The standard InChI is InChI=1S/C17H19N3O3S/c1-19-15(11-14(18-19)12-7-8-12)17(21)20-10-9-16(24(20,22)23)13-5-3-2-4-6-13/h2-6,11-12,16H,7-10H2,1H3. The number of aryl methyl sites for hydroxylation is 1. The van der Waals surface area contributed by atoms with E-state index in [1.165, 1.54) is 4.68 Å². The number of nitrogens with zero attached hydrogens (tertiary/aromatic N) is 3. The molecule has 2 aromatic rings. The van der Waals surface area contributed by atoms with E-state index in [9.17, 15) is 13.2 Å². The topological polar surface area (TPSA) is 72.3 Å². The summed E-state index contributed by atoms with van der Waals surface area (Å²) in [5.41, 5.74) is 1.96. The third kappa shape index (κ3) is 2.43. The Morgan fingerprint density at radius 3 is 2.54 bits per heavy atom. The van der Waals surface area contributed by atoms with Gasteiger partial charge < -0.3 is 0 Å². The van der Waals surface area contributed by atoms with Crippen LogP contribution < -0.4 is 0 Å². The van der Waals surface area contributed by atoms with Crippen LogP contribution >= 0.6 is 0 Å². The average Bonchev–Trinajstić information content (AvgIpc) is 3.26. The van der Waals surface area contributed by atoms with E-state index >= 15 is 0 Å². The van der Waals surface area contributed by atoms with E-state index in [2.05, 4.69) is 5.10 Å². The second-order valence-corrected chi connectivity index (χ2v) is 8.50. The van der Waals surface area contributed by atoms with E-state index in [1.807, 2.05) is 18.2 Å². The number of hydrogen-bond acceptors (Lipinski definition) is 4. The zero-order chi connectivity index (χ0) is 16.9. The summed E-state index contributed by atoms with van der Waals surface area (Å²) in [5.74, 6) is -0.0552. The molecule has 1 aromatic heterocycles. The summed E-state index contributed by atoms with van der Waals surface area (Å²) in [5, 5.41) is 3.71. The number of benzene rings is 1. The fourth-order valence-corrected chi connectivity index (χ4v) is 5.18. The third-order valence-electron chi connectivity index (χ3n) is 4.77. The fraction of sp³-hybridized carbons (Fsp3) is 0.412. The van der Waals surface area contributed by atoms with Gasteiger partial charge in [0, 0.05) is 19.5 Å². The van der Waals surface area contributed by atoms with Crippen LogP contribution in [-0.2, 0) is 17.1 Å². The van der Waals surface area contributed by atoms with Crippen LogP contribution in [-0.4, -0.2) is 35.0 Å². The number of carbonyl (C=O) groups excluding carboxylic acids is 1. The summed E-state index contributed by atoms with van der Waals surface area (Å²) in [7, 11) is -2.01. The van der Waals surface area contributed by atoms with Gasteiger partial charge in [-0.3, -0.25) is 9.48 Å². The Balaban J connectivity index is 1.64. The smallest absolute Gasteiger partial charge is 0.266 e. The monoisotopic (exact) mass is 345 g/mol. The van der Waals surface area contributed by atoms with Crippen molar-refractivity contribution in [2.45, 2.75) is 30.4 Å². The van der Waals surface area contributed by atoms with Crippen LogP contribution in [0.3, 0.4) is 0 Å². The molecule has 4 rings (SSSR count). The van der Waals surface area contributed by atoms with Gasteiger partial charge in [0.15, 0.2) is 0 Å². The first-order valence-electron chi connectivity index (χ1n) is 8.13. The molecule has 24 heavy (non-hydrogen) atoms. The summed E-state index contributed by atoms with van der Waals surface area (Å²) in [6.07, 6.45) is 2.59. The summed E-state index contributed by atoms with van der Waals surface area (Å²) < 4.78 is 28.2. The van der Waals surface area contributed by atoms with Crippen molar-refractivity contribution in [2.75, 3.05) is 6.54 Å². The quantitative estimate of drug-likeness (QED) is 0.855. The molecule has 1 saturated heterocycles. The zero-order valence-electron chi connectivity index (χ0n) is 13.4. The lowest BCUT2D eigenvalue weighted by atomic mass is 10.1. The van der Waals surface area contributed by atoms with Gasteiger partial charge in [0.25, 0.3) is 5.91 Å². The fourth-order valence-electron chi connectivity index (χ4n) is 3.28. The molecule has 126 valence electrons. The van der Waals surface area contributed by atoms with Crippen LogP contribution in [0.5, 0.6) is 0 Å². The summed E-state index contributed by atoms with van der Waals surface area (Å²) in [6, 6.07) is 10.8. The van der Waals surface area contributed by atoms with Crippen LogP contribution in [0.2, 0.25) is 0 Å². The van der Waals surface area contributed by atoms with E-state index in [1.54, 1.807) is 25.2 Å². The van der Waals surface area contributed by atoms with Crippen molar-refractivity contribution in [3.8, 4) is 0 Å². The lowest BCUT2D eigenvalue weighted by Crippen LogP contribution is -2.34. The van der Waals surface area contributed by atoms with Crippen LogP contribution in [0.25, 0.3) is 0 Å². The molecule has 0 radical (unpaired) electrons. The molecule has 2 heterocycles. The van der Waals surface area contributed by atoms with E-state index in [-0.39, 0.29) is 6.54 Å². The molecule has 1 amide bonds. The Labute approximate surface area is 141 Å². The molecule has 0 bridgehead atoms. The molecular formula is C17H19N3O3S. The van der Waals surface area contributed by atoms with Crippen molar-refractivity contribution < 1.29 is 13.2 Å². The van der Waals surface area contributed by atoms with E-state index < -0.39 is 21.2 Å². The number of aromatic nitrogens is 2. The lowest BCUT2D eigenvalue weighted by Gasteiger charge is -2.17. The Bertz CT molecular complexity index is 885. The van der Waals surface area contributed by atoms with Gasteiger partial charge in [-0.05, 0) is 30.9 Å². The first kappa shape index (κ1) is 15.4. The average molecular weight is 345 g/mol. The van der Waals surface area contributed by atoms with Crippen molar-refractivity contribution in [3.63, 3.8) is 0 Å². The van der Waals surface area contributed by atoms with Crippen molar-refractivity contribution in [1.29, 1.82) is 0 Å². The number of amides is 1. The maximum Gasteiger partial charge on any atom is 0.285 e. The van der Waals surface area contributed by atoms with Gasteiger partial charge in [0.05, 0.1) is 5.69 Å². The molecule has 0 N–H and O–H groups in total. The Morgan fingerprint density at radius 2 is 1.88 bits per heavy atom. The number of hydrogen-bond donors (Lipinski definition) is 0. The minimum absolute atomic E-state index is 0.213. The summed E-state index contributed by atoms with van der Waals surface area (Å²) in [6.45, 7) is 0.213. The summed E-state index contributed by atoms with van der Waals surface area (Å²) >= 11 is 0. The molecule has 1 atom stereocenters. The number of sulfonamides is 1. The van der Waals surface area contributed by atoms with Gasteiger partial charge in [0.2, 0.25) is 10.0 Å². The Morgan fingerprint density at radius 1 is 1.17 bits per heavy atom. The Hall–Kier alpha value is -2.15. The number of rotatable bonds is 3. The summed E-state index contributed by atoms with van der Waals surface area (Å²) in [4.78, 5) is 12.8. The predicted octanol–water partition coefficient (Wildman–Crippen LogP) is 2.21. The molecular weight excluding hydrogens is 326 g/mol. The minimum atomic E-state index is -3.70. The second kappa shape index (κ2) is 5.44. The van der Waals surface area contributed by atoms with Gasteiger partial charge in [0.1, 0.15) is 10.9 Å². The molecule has 1 unspecified atom stereocenters. The van der Waals surface area contributed by atoms with Gasteiger partial charge >= 0.3 is 0 Å². The van der Waals surface area contributed by atoms with E-state index in [4.69, 9.17) is 0 Å². The lowest BCUT2D eigenvalue weighted by molar-refractivity contribution is 0.0859. The van der Waals surface area contributed by atoms with Crippen LogP contribution in [0.1, 0.15) is 52.2 Å². The molecule has 2 fully saturated rings. The van der Waals surface area contributed by atoms with Gasteiger partial charge in [-0.1, -0.05) is 30.3 Å². The largest absolute Gasteiger partial charge is 0.285 e. The molecule has 1 aliphatic heterocycles. The van der Waals surface area contributed by atoms with E-state index in [0.29, 0.717) is 18.0 Å². The predicted molar refractivity (Wildman–Crippen MR) is 88.9 cm³/mol. The van der Waals surface area contributed by atoms with Gasteiger partial charge in [-0.25, -0.2) is 12.7 Å². The van der Waals surface area contributed by atoms with Crippen molar-refractivity contribution >= 4 is 15.9 Å². The first-order valence-corrected chi connectivity index (χ1v) is 9.63. The third-order valence-corrected chi connectivity index (χ3v) is 6.96. The first-order chi connectivity index (χ1) is 11.5. The van der Waals surface area contributed by atoms with Crippen LogP contribution in [0.4, 0.5) is 0 Å². The molecule has 2 aliphatic rings. The molecule has 6 nitrogen and oxygen atoms in total. The highest BCUT2D eigenvalue weighted by Gasteiger charge is 2.43. The molecule has 1 aliphatic carbocycles. The SMILES string of the molecule is Cn1nc(C2CC2)cc1C(=O)N1CCC(c2ccccc2)S1(=O)=O. The Kier molecular flexibility index (Phi) is 3.49. The highest BCUT2D eigenvalue weighted by molar-refractivity contribution is 7.90. The van der Waals surface area contributed by atoms with Gasteiger partial charge in [-0.2, -0.15) is 5.10 Å². The second-order valence-electron chi connectivity index (χ2n) is 6.46. The zero-order valence-corrected chi connectivity index (χ0v) is 14.2. The van der Waals surface area contributed by atoms with Crippen molar-refractivity contribution in [2.24, 2.45) is 7.05 Å².